The summed E-state index contributed by atoms with van der Waals surface area (Å²) in [5.74, 6) is -6.48. The first-order valence-electron chi connectivity index (χ1n) is 14.6. The number of hydrogen-bond donors (Lipinski definition) is 1. The van der Waals surface area contributed by atoms with Gasteiger partial charge in [-0.05, 0) is 45.4 Å². The first-order valence-corrected chi connectivity index (χ1v) is 16.9. The number of likely N-dealkylation sites (tertiary alicyclic amines) is 1. The molecule has 49 heavy (non-hydrogen) atoms. The van der Waals surface area contributed by atoms with Crippen LogP contribution in [-0.2, 0) is 26.0 Å². The summed E-state index contributed by atoms with van der Waals surface area (Å²) >= 11 is 0.552. The number of carbonyl (C=O) groups excluding carboxylic acids is 2. The van der Waals surface area contributed by atoms with E-state index in [0.717, 1.165) is 11.8 Å². The van der Waals surface area contributed by atoms with Crippen LogP contribution in [0.15, 0.2) is 35.2 Å². The molecule has 2 atom stereocenters. The van der Waals surface area contributed by atoms with Crippen molar-refractivity contribution in [1.29, 1.82) is 0 Å². The van der Waals surface area contributed by atoms with Crippen LogP contribution in [-0.4, -0.2) is 72.0 Å². The molecule has 268 valence electrons. The highest BCUT2D eigenvalue weighted by molar-refractivity contribution is 7.89. The molecule has 19 heteroatoms. The number of hydrogen-bond acceptors (Lipinski definition) is 8. The number of ether oxygens (including phenoxy) is 1. The Kier molecular flexibility index (Phi) is 10.8. The lowest BCUT2D eigenvalue weighted by Gasteiger charge is -2.22. The molecule has 0 aliphatic carbocycles. The zero-order valence-electron chi connectivity index (χ0n) is 26.2. The summed E-state index contributed by atoms with van der Waals surface area (Å²) in [6, 6.07) is 2.02. The number of nitrogens with one attached hydrogen (secondary N) is 1. The van der Waals surface area contributed by atoms with Gasteiger partial charge < -0.3 is 9.64 Å². The van der Waals surface area contributed by atoms with Gasteiger partial charge >= 0.3 is 6.18 Å². The van der Waals surface area contributed by atoms with E-state index >= 15 is 4.39 Å². The summed E-state index contributed by atoms with van der Waals surface area (Å²) in [5.41, 5.74) is -3.51. The predicted octanol–water partition coefficient (Wildman–Crippen LogP) is 6.93. The number of alkyl halides is 7. The van der Waals surface area contributed by atoms with E-state index in [1.54, 1.807) is 19.9 Å². The van der Waals surface area contributed by atoms with Crippen LogP contribution in [0.4, 0.5) is 35.1 Å². The summed E-state index contributed by atoms with van der Waals surface area (Å²) in [4.78, 5) is 32.1. The molecule has 1 saturated heterocycles. The van der Waals surface area contributed by atoms with Crippen LogP contribution < -0.4 is 4.72 Å². The molecular weight excluding hydrogens is 712 g/mol. The van der Waals surface area contributed by atoms with Crippen molar-refractivity contribution in [2.75, 3.05) is 6.54 Å². The Bertz CT molecular complexity index is 1830. The minimum Gasteiger partial charge on any atom is -0.461 e. The molecule has 1 aliphatic rings. The maximum atomic E-state index is 15.8. The van der Waals surface area contributed by atoms with Crippen molar-refractivity contribution in [1.82, 2.24) is 19.6 Å². The van der Waals surface area contributed by atoms with Crippen molar-refractivity contribution in [3.63, 3.8) is 0 Å². The maximum Gasteiger partial charge on any atom is 0.404 e. The number of carbonyl (C=O) groups is 2. The van der Waals surface area contributed by atoms with Gasteiger partial charge in [0.15, 0.2) is 5.82 Å². The van der Waals surface area contributed by atoms with E-state index in [9.17, 15) is 48.7 Å². The van der Waals surface area contributed by atoms with Crippen LogP contribution >= 0.6 is 11.3 Å². The molecule has 1 aromatic carbocycles. The molecule has 0 spiro atoms. The van der Waals surface area contributed by atoms with E-state index in [1.165, 1.54) is 23.8 Å². The summed E-state index contributed by atoms with van der Waals surface area (Å²) < 4.78 is 145. The fourth-order valence-electron chi connectivity index (χ4n) is 5.31. The molecule has 0 unspecified atom stereocenters. The minimum absolute atomic E-state index is 0.0738. The summed E-state index contributed by atoms with van der Waals surface area (Å²) in [7, 11) is -5.35. The summed E-state index contributed by atoms with van der Waals surface area (Å²) in [5, 5.41) is -0.0946. The van der Waals surface area contributed by atoms with Crippen LogP contribution in [0.3, 0.4) is 0 Å². The number of benzene rings is 1. The van der Waals surface area contributed by atoms with Crippen LogP contribution in [0.1, 0.15) is 68.7 Å². The Labute approximate surface area is 279 Å². The Morgan fingerprint density at radius 3 is 2.41 bits per heavy atom. The Morgan fingerprint density at radius 1 is 1.18 bits per heavy atom. The highest BCUT2D eigenvalue weighted by Gasteiger charge is 2.47. The van der Waals surface area contributed by atoms with Crippen molar-refractivity contribution in [2.24, 2.45) is 0 Å². The standard InChI is InChI=1S/C30H30F8N4O5S2/c1-5-20(30(36,37)38)41-49(45,46)19-10-9-17(21(22(19)31)25(32)33)24-23(27(44)42-13-29(34,35)11-15(42)2)40-26(48-24)18-8-6-7-16(39-18)12-28(3,4)47-14-43/h6-10,14-15,20,25,41H,5,11-13H2,1-4H3/t15-,20-/m0/s1. The number of pyridine rings is 1. The third-order valence-electron chi connectivity index (χ3n) is 7.62. The van der Waals surface area contributed by atoms with Gasteiger partial charge in [0, 0.05) is 30.1 Å². The van der Waals surface area contributed by atoms with Crippen molar-refractivity contribution < 1.29 is 57.9 Å². The van der Waals surface area contributed by atoms with Crippen LogP contribution in [0.25, 0.3) is 21.1 Å². The van der Waals surface area contributed by atoms with Gasteiger partial charge in [-0.15, -0.1) is 11.3 Å². The molecule has 2 aromatic heterocycles. The molecule has 1 aliphatic heterocycles. The number of aromatic nitrogens is 2. The SMILES string of the molecule is CC[C@H](NS(=O)(=O)c1ccc(-c2sc(-c3cccc(CC(C)(C)OC=O)n3)nc2C(=O)N2CC(F)(F)C[C@@H]2C)c(C(F)F)c1F)C(F)(F)F. The van der Waals surface area contributed by atoms with E-state index in [2.05, 4.69) is 9.97 Å². The van der Waals surface area contributed by atoms with E-state index < -0.39 is 104 Å². The number of amides is 1. The van der Waals surface area contributed by atoms with E-state index in [1.807, 2.05) is 0 Å². The Hall–Kier alpha value is -3.71. The largest absolute Gasteiger partial charge is 0.461 e. The maximum absolute atomic E-state index is 15.8. The molecule has 3 heterocycles. The molecule has 0 saturated carbocycles. The molecule has 1 amide bonds. The fourth-order valence-corrected chi connectivity index (χ4v) is 7.77. The molecule has 1 fully saturated rings. The fraction of sp³-hybridized carbons (Fsp3) is 0.467. The molecule has 4 rings (SSSR count). The number of rotatable bonds is 12. The third-order valence-corrected chi connectivity index (χ3v) is 10.2. The average Bonchev–Trinajstić information content (AvgIpc) is 3.54. The Morgan fingerprint density at radius 2 is 1.86 bits per heavy atom. The van der Waals surface area contributed by atoms with E-state index in [4.69, 9.17) is 4.74 Å². The normalized spacial score (nSPS) is 17.4. The quantitative estimate of drug-likeness (QED) is 0.158. The molecule has 1 N–H and O–H groups in total. The smallest absolute Gasteiger partial charge is 0.404 e. The first kappa shape index (κ1) is 38.1. The second kappa shape index (κ2) is 13.9. The summed E-state index contributed by atoms with van der Waals surface area (Å²) in [6.45, 7) is 4.77. The zero-order chi connectivity index (χ0) is 36.7. The van der Waals surface area contributed by atoms with Gasteiger partial charge in [-0.2, -0.15) is 17.9 Å². The van der Waals surface area contributed by atoms with Gasteiger partial charge in [0.05, 0.1) is 22.7 Å². The number of sulfonamides is 1. The molecule has 0 bridgehead atoms. The van der Waals surface area contributed by atoms with E-state index in [0.29, 0.717) is 29.2 Å². The van der Waals surface area contributed by atoms with Crippen molar-refractivity contribution in [2.45, 2.75) is 88.1 Å². The topological polar surface area (TPSA) is 119 Å². The molecule has 0 radical (unpaired) electrons. The third kappa shape index (κ3) is 8.37. The predicted molar refractivity (Wildman–Crippen MR) is 161 cm³/mol. The highest BCUT2D eigenvalue weighted by atomic mass is 32.2. The molecular formula is C30H30F8N4O5S2. The zero-order valence-corrected chi connectivity index (χ0v) is 27.9. The minimum atomic E-state index is -5.35. The van der Waals surface area contributed by atoms with Gasteiger partial charge in [-0.3, -0.25) is 14.6 Å². The van der Waals surface area contributed by atoms with Crippen LogP contribution in [0, 0.1) is 5.82 Å². The highest BCUT2D eigenvalue weighted by Crippen LogP contribution is 2.43. The van der Waals surface area contributed by atoms with Gasteiger partial charge in [0.2, 0.25) is 10.0 Å². The lowest BCUT2D eigenvalue weighted by atomic mass is 10.0. The average molecular weight is 743 g/mol. The summed E-state index contributed by atoms with van der Waals surface area (Å²) in [6.07, 6.45) is -10.2. The van der Waals surface area contributed by atoms with E-state index in [-0.39, 0.29) is 23.6 Å². The Balaban J connectivity index is 1.90. The number of thiazole rings is 1. The lowest BCUT2D eigenvalue weighted by molar-refractivity contribution is -0.151. The van der Waals surface area contributed by atoms with Crippen LogP contribution in [0.2, 0.25) is 0 Å². The lowest BCUT2D eigenvalue weighted by Crippen LogP contribution is -2.45. The van der Waals surface area contributed by atoms with Crippen molar-refractivity contribution in [3.05, 3.63) is 53.1 Å². The van der Waals surface area contributed by atoms with Gasteiger partial charge in [0.1, 0.15) is 27.2 Å². The second-order valence-electron chi connectivity index (χ2n) is 12.0. The first-order chi connectivity index (χ1) is 22.6. The number of nitrogens with zero attached hydrogens (tertiary/aromatic N) is 3. The van der Waals surface area contributed by atoms with Crippen LogP contribution in [0.5, 0.6) is 0 Å². The molecule has 3 aromatic rings. The molecule has 9 nitrogen and oxygen atoms in total. The van der Waals surface area contributed by atoms with Gasteiger partial charge in [0.25, 0.3) is 24.7 Å². The van der Waals surface area contributed by atoms with Gasteiger partial charge in [-0.25, -0.2) is 35.4 Å². The monoisotopic (exact) mass is 742 g/mol. The van der Waals surface area contributed by atoms with Crippen molar-refractivity contribution >= 4 is 33.7 Å². The second-order valence-corrected chi connectivity index (χ2v) is 14.6. The van der Waals surface area contributed by atoms with Gasteiger partial charge in [-0.1, -0.05) is 19.1 Å². The number of halogens is 8. The van der Waals surface area contributed by atoms with Crippen molar-refractivity contribution in [3.8, 4) is 21.1 Å².